The second-order valence-electron chi connectivity index (χ2n) is 5.75. The predicted molar refractivity (Wildman–Crippen MR) is 86.8 cm³/mol. The first-order valence-electron chi connectivity index (χ1n) is 7.44. The topological polar surface area (TPSA) is 55.8 Å². The molecule has 0 aliphatic rings. The first-order valence-corrected chi connectivity index (χ1v) is 7.44. The minimum absolute atomic E-state index is 0.00905. The van der Waals surface area contributed by atoms with Crippen molar-refractivity contribution >= 4 is 5.78 Å². The van der Waals surface area contributed by atoms with Crippen molar-refractivity contribution in [2.24, 2.45) is 11.8 Å². The standard InChI is InChI=1S/C18H26O4/c1-12(2)17(19)14(4)18(20)13(3)10-22-11-15-6-8-16(21-5)9-7-15/h6-9,13-14,17,19H,1,10-11H2,2-5H3. The normalized spacial score (nSPS) is 15.0. The van der Waals surface area contributed by atoms with Gasteiger partial charge in [-0.1, -0.05) is 38.1 Å². The highest BCUT2D eigenvalue weighted by atomic mass is 16.5. The van der Waals surface area contributed by atoms with Gasteiger partial charge in [0.2, 0.25) is 0 Å². The molecular weight excluding hydrogens is 280 g/mol. The zero-order valence-electron chi connectivity index (χ0n) is 13.8. The van der Waals surface area contributed by atoms with Crippen LogP contribution >= 0.6 is 0 Å². The average Bonchev–Trinajstić information content (AvgIpc) is 2.53. The molecule has 3 atom stereocenters. The van der Waals surface area contributed by atoms with Crippen molar-refractivity contribution in [3.8, 4) is 5.75 Å². The summed E-state index contributed by atoms with van der Waals surface area (Å²) in [5.41, 5.74) is 1.63. The molecule has 22 heavy (non-hydrogen) atoms. The van der Waals surface area contributed by atoms with Crippen molar-refractivity contribution in [3.05, 3.63) is 42.0 Å². The van der Waals surface area contributed by atoms with Gasteiger partial charge in [0.15, 0.2) is 0 Å². The molecule has 1 aromatic carbocycles. The van der Waals surface area contributed by atoms with E-state index < -0.39 is 12.0 Å². The number of Topliss-reactive ketones (excluding diaryl/α,β-unsaturated/α-hetero) is 1. The van der Waals surface area contributed by atoms with Crippen molar-refractivity contribution in [3.63, 3.8) is 0 Å². The zero-order chi connectivity index (χ0) is 16.7. The van der Waals surface area contributed by atoms with Gasteiger partial charge in [-0.3, -0.25) is 4.79 Å². The highest BCUT2D eigenvalue weighted by molar-refractivity contribution is 5.83. The molecule has 1 N–H and O–H groups in total. The fourth-order valence-corrected chi connectivity index (χ4v) is 2.19. The molecule has 0 heterocycles. The van der Waals surface area contributed by atoms with Crippen LogP contribution in [-0.4, -0.2) is 30.7 Å². The maximum Gasteiger partial charge on any atom is 0.143 e. The smallest absolute Gasteiger partial charge is 0.143 e. The molecule has 0 saturated carbocycles. The lowest BCUT2D eigenvalue weighted by Crippen LogP contribution is -2.32. The van der Waals surface area contributed by atoms with E-state index in [1.807, 2.05) is 31.2 Å². The van der Waals surface area contributed by atoms with Crippen LogP contribution in [0.2, 0.25) is 0 Å². The molecule has 0 aliphatic carbocycles. The maximum atomic E-state index is 12.2. The molecule has 0 fully saturated rings. The van der Waals surface area contributed by atoms with Crippen molar-refractivity contribution in [1.29, 1.82) is 0 Å². The van der Waals surface area contributed by atoms with Gasteiger partial charge in [0, 0.05) is 11.8 Å². The molecule has 0 saturated heterocycles. The van der Waals surface area contributed by atoms with Crippen molar-refractivity contribution in [2.75, 3.05) is 13.7 Å². The van der Waals surface area contributed by atoms with Crippen LogP contribution in [0.4, 0.5) is 0 Å². The van der Waals surface area contributed by atoms with Gasteiger partial charge < -0.3 is 14.6 Å². The predicted octanol–water partition coefficient (Wildman–Crippen LogP) is 2.99. The summed E-state index contributed by atoms with van der Waals surface area (Å²) in [4.78, 5) is 12.2. The number of rotatable bonds is 9. The van der Waals surface area contributed by atoms with Gasteiger partial charge in [0.05, 0.1) is 26.4 Å². The number of ether oxygens (including phenoxy) is 2. The number of aliphatic hydroxyl groups is 1. The Morgan fingerprint density at radius 3 is 2.36 bits per heavy atom. The SMILES string of the molecule is C=C(C)C(O)C(C)C(=O)C(C)COCc1ccc(OC)cc1. The number of methoxy groups -OCH3 is 1. The van der Waals surface area contributed by atoms with Gasteiger partial charge in [-0.2, -0.15) is 0 Å². The summed E-state index contributed by atoms with van der Waals surface area (Å²) in [5.74, 6) is 0.0690. The molecule has 1 rings (SSSR count). The van der Waals surface area contributed by atoms with E-state index in [1.165, 1.54) is 0 Å². The first-order chi connectivity index (χ1) is 10.4. The molecule has 4 nitrogen and oxygen atoms in total. The van der Waals surface area contributed by atoms with Crippen molar-refractivity contribution in [1.82, 2.24) is 0 Å². The minimum atomic E-state index is -0.795. The van der Waals surface area contributed by atoms with Crippen LogP contribution in [0.25, 0.3) is 0 Å². The van der Waals surface area contributed by atoms with Gasteiger partial charge in [0.25, 0.3) is 0 Å². The number of hydrogen-bond donors (Lipinski definition) is 1. The van der Waals surface area contributed by atoms with Crippen LogP contribution in [0.3, 0.4) is 0 Å². The van der Waals surface area contributed by atoms with Crippen LogP contribution < -0.4 is 4.74 Å². The molecule has 1 aromatic rings. The van der Waals surface area contributed by atoms with Crippen molar-refractivity contribution in [2.45, 2.75) is 33.5 Å². The van der Waals surface area contributed by atoms with Crippen LogP contribution in [0.15, 0.2) is 36.4 Å². The fourth-order valence-electron chi connectivity index (χ4n) is 2.19. The Labute approximate surface area is 132 Å². The summed E-state index contributed by atoms with van der Waals surface area (Å²) < 4.78 is 10.7. The lowest BCUT2D eigenvalue weighted by molar-refractivity contribution is -0.130. The fraction of sp³-hybridized carbons (Fsp3) is 0.500. The van der Waals surface area contributed by atoms with E-state index in [2.05, 4.69) is 6.58 Å². The third-order valence-corrected chi connectivity index (χ3v) is 3.71. The van der Waals surface area contributed by atoms with Crippen LogP contribution in [0, 0.1) is 11.8 Å². The summed E-state index contributed by atoms with van der Waals surface area (Å²) in [6.07, 6.45) is -0.795. The second kappa shape index (κ2) is 8.71. The Morgan fingerprint density at radius 1 is 1.27 bits per heavy atom. The highest BCUT2D eigenvalue weighted by Crippen LogP contribution is 2.17. The molecule has 0 amide bonds. The summed E-state index contributed by atoms with van der Waals surface area (Å²) in [6, 6.07) is 7.61. The lowest BCUT2D eigenvalue weighted by atomic mass is 9.89. The van der Waals surface area contributed by atoms with Gasteiger partial charge in [-0.15, -0.1) is 0 Å². The third kappa shape index (κ3) is 5.28. The molecule has 4 heteroatoms. The Morgan fingerprint density at radius 2 is 1.86 bits per heavy atom. The molecule has 122 valence electrons. The second-order valence-corrected chi connectivity index (χ2v) is 5.75. The summed E-state index contributed by atoms with van der Waals surface area (Å²) >= 11 is 0. The van der Waals surface area contributed by atoms with Crippen LogP contribution in [0.5, 0.6) is 5.75 Å². The van der Waals surface area contributed by atoms with E-state index in [4.69, 9.17) is 9.47 Å². The molecule has 0 radical (unpaired) electrons. The van der Waals surface area contributed by atoms with Gasteiger partial charge in [-0.05, 0) is 24.6 Å². The summed E-state index contributed by atoms with van der Waals surface area (Å²) in [7, 11) is 1.62. The van der Waals surface area contributed by atoms with Gasteiger partial charge in [0.1, 0.15) is 11.5 Å². The number of carbonyl (C=O) groups excluding carboxylic acids is 1. The lowest BCUT2D eigenvalue weighted by Gasteiger charge is -2.21. The molecule has 0 spiro atoms. The van der Waals surface area contributed by atoms with E-state index in [1.54, 1.807) is 21.0 Å². The number of carbonyl (C=O) groups is 1. The summed E-state index contributed by atoms with van der Waals surface area (Å²) in [5, 5.41) is 9.89. The van der Waals surface area contributed by atoms with E-state index in [9.17, 15) is 9.90 Å². The largest absolute Gasteiger partial charge is 0.497 e. The number of aliphatic hydroxyl groups excluding tert-OH is 1. The third-order valence-electron chi connectivity index (χ3n) is 3.71. The van der Waals surface area contributed by atoms with E-state index >= 15 is 0 Å². The number of ketones is 1. The van der Waals surface area contributed by atoms with Crippen LogP contribution in [-0.2, 0) is 16.1 Å². The molecule has 3 unspecified atom stereocenters. The number of hydrogen-bond acceptors (Lipinski definition) is 4. The van der Waals surface area contributed by atoms with Crippen molar-refractivity contribution < 1.29 is 19.4 Å². The zero-order valence-corrected chi connectivity index (χ0v) is 13.8. The Bertz CT molecular complexity index is 492. The maximum absolute atomic E-state index is 12.2. The quantitative estimate of drug-likeness (QED) is 0.713. The van der Waals surface area contributed by atoms with E-state index in [0.29, 0.717) is 18.8 Å². The van der Waals surface area contributed by atoms with E-state index in [-0.39, 0.29) is 11.7 Å². The molecule has 0 bridgehead atoms. The van der Waals surface area contributed by atoms with E-state index in [0.717, 1.165) is 11.3 Å². The molecule has 0 aromatic heterocycles. The molecule has 0 aliphatic heterocycles. The molecular formula is C18H26O4. The van der Waals surface area contributed by atoms with Gasteiger partial charge >= 0.3 is 0 Å². The first kappa shape index (κ1) is 18.4. The Hall–Kier alpha value is -1.65. The Balaban J connectivity index is 2.43. The minimum Gasteiger partial charge on any atom is -0.497 e. The Kier molecular flexibility index (Phi) is 7.28. The van der Waals surface area contributed by atoms with Crippen LogP contribution in [0.1, 0.15) is 26.3 Å². The average molecular weight is 306 g/mol. The number of benzene rings is 1. The highest BCUT2D eigenvalue weighted by Gasteiger charge is 2.26. The monoisotopic (exact) mass is 306 g/mol. The summed E-state index contributed by atoms with van der Waals surface area (Å²) in [6.45, 7) is 9.73. The van der Waals surface area contributed by atoms with Gasteiger partial charge in [-0.25, -0.2) is 0 Å².